The number of anilines is 1. The molecular weight excluding hydrogens is 536 g/mol. The van der Waals surface area contributed by atoms with Crippen LogP contribution in [0.4, 0.5) is 5.13 Å². The zero-order chi connectivity index (χ0) is 28.8. The van der Waals surface area contributed by atoms with Gasteiger partial charge in [0.1, 0.15) is 23.4 Å². The fraction of sp³-hybridized carbons (Fsp3) is 0.303. The van der Waals surface area contributed by atoms with Gasteiger partial charge in [-0.3, -0.25) is 14.5 Å². The maximum Gasteiger partial charge on any atom is 0.301 e. The van der Waals surface area contributed by atoms with Gasteiger partial charge in [-0.05, 0) is 85.3 Å². The van der Waals surface area contributed by atoms with Crippen molar-refractivity contribution in [2.75, 3.05) is 11.5 Å². The highest BCUT2D eigenvalue weighted by atomic mass is 32.1. The van der Waals surface area contributed by atoms with Crippen LogP contribution in [0.5, 0.6) is 11.5 Å². The largest absolute Gasteiger partial charge is 0.507 e. The minimum atomic E-state index is -0.881. The smallest absolute Gasteiger partial charge is 0.301 e. The number of aliphatic hydroxyl groups is 1. The summed E-state index contributed by atoms with van der Waals surface area (Å²) < 4.78 is 12.8. The quantitative estimate of drug-likeness (QED) is 0.147. The Bertz CT molecular complexity index is 1710. The van der Waals surface area contributed by atoms with Crippen molar-refractivity contribution in [3.8, 4) is 11.5 Å². The van der Waals surface area contributed by atoms with Gasteiger partial charge in [-0.1, -0.05) is 43.4 Å². The molecule has 0 saturated carbocycles. The standard InChI is InChI=1S/C33H32N2O5S/c1-18(2)12-13-39-24-7-5-6-21(17-24)29-28(30(36)22-9-11-26-23(16-22)15-20(4)40-26)31(37)32(38)35(29)33-34-25-10-8-19(3)14-27(25)41-33/h5-11,14,16-18,20,29,36H,12-13,15H2,1-4H3/t20-,29+/m1/s1. The summed E-state index contributed by atoms with van der Waals surface area (Å²) in [5.74, 6) is 0.199. The summed E-state index contributed by atoms with van der Waals surface area (Å²) in [4.78, 5) is 33.5. The van der Waals surface area contributed by atoms with Crippen LogP contribution in [0.1, 0.15) is 55.5 Å². The second kappa shape index (κ2) is 10.7. The second-order valence-corrected chi connectivity index (χ2v) is 12.2. The molecule has 2 atom stereocenters. The molecule has 1 fully saturated rings. The van der Waals surface area contributed by atoms with Gasteiger partial charge in [0.15, 0.2) is 5.13 Å². The van der Waals surface area contributed by atoms with Crippen LogP contribution < -0.4 is 14.4 Å². The number of carbonyl (C=O) groups is 2. The van der Waals surface area contributed by atoms with E-state index in [0.717, 1.165) is 33.5 Å². The summed E-state index contributed by atoms with van der Waals surface area (Å²) in [6.07, 6.45) is 1.64. The van der Waals surface area contributed by atoms with E-state index in [1.807, 2.05) is 62.4 Å². The Balaban J connectivity index is 1.48. The summed E-state index contributed by atoms with van der Waals surface area (Å²) in [6.45, 7) is 8.81. The normalized spacial score (nSPS) is 19.7. The Morgan fingerprint density at radius 1 is 1.15 bits per heavy atom. The third kappa shape index (κ3) is 5.08. The van der Waals surface area contributed by atoms with E-state index < -0.39 is 17.7 Å². The average molecular weight is 569 g/mol. The van der Waals surface area contributed by atoms with Crippen molar-refractivity contribution in [3.05, 3.63) is 88.5 Å². The van der Waals surface area contributed by atoms with Gasteiger partial charge in [-0.2, -0.15) is 0 Å². The molecule has 4 aromatic rings. The van der Waals surface area contributed by atoms with Crippen molar-refractivity contribution in [1.82, 2.24) is 4.98 Å². The molecule has 1 aromatic heterocycles. The van der Waals surface area contributed by atoms with Gasteiger partial charge >= 0.3 is 5.91 Å². The first-order valence-corrected chi connectivity index (χ1v) is 14.7. The summed E-state index contributed by atoms with van der Waals surface area (Å²) in [7, 11) is 0. The highest BCUT2D eigenvalue weighted by Crippen LogP contribution is 2.45. The molecule has 0 radical (unpaired) electrons. The van der Waals surface area contributed by atoms with Crippen LogP contribution in [0, 0.1) is 12.8 Å². The van der Waals surface area contributed by atoms with Crippen molar-refractivity contribution in [2.45, 2.75) is 52.7 Å². The van der Waals surface area contributed by atoms with E-state index in [-0.39, 0.29) is 17.4 Å². The Hall–Kier alpha value is -4.17. The van der Waals surface area contributed by atoms with Crippen LogP contribution >= 0.6 is 11.3 Å². The summed E-state index contributed by atoms with van der Waals surface area (Å²) in [5, 5.41) is 12.0. The molecule has 210 valence electrons. The molecule has 1 N–H and O–H groups in total. The predicted molar refractivity (Wildman–Crippen MR) is 161 cm³/mol. The highest BCUT2D eigenvalue weighted by Gasteiger charge is 2.48. The second-order valence-electron chi connectivity index (χ2n) is 11.2. The Morgan fingerprint density at radius 3 is 2.78 bits per heavy atom. The number of ketones is 1. The van der Waals surface area contributed by atoms with E-state index >= 15 is 0 Å². The SMILES string of the molecule is Cc1ccc2nc(N3C(=O)C(=O)C(=C(O)c4ccc5c(c4)C[C@@H](C)O5)[C@@H]3c3cccc(OCCC(C)C)c3)sc2c1. The van der Waals surface area contributed by atoms with E-state index in [1.54, 1.807) is 12.1 Å². The summed E-state index contributed by atoms with van der Waals surface area (Å²) in [5.41, 5.74) is 3.92. The summed E-state index contributed by atoms with van der Waals surface area (Å²) in [6, 6.07) is 17.8. The number of hydrogen-bond donors (Lipinski definition) is 1. The van der Waals surface area contributed by atoms with Crippen LogP contribution in [-0.4, -0.2) is 34.5 Å². The molecule has 1 saturated heterocycles. The molecule has 3 aromatic carbocycles. The zero-order valence-corrected chi connectivity index (χ0v) is 24.3. The Morgan fingerprint density at radius 2 is 1.98 bits per heavy atom. The van der Waals surface area contributed by atoms with Crippen LogP contribution in [0.3, 0.4) is 0 Å². The zero-order valence-electron chi connectivity index (χ0n) is 23.5. The minimum Gasteiger partial charge on any atom is -0.507 e. The molecule has 8 heteroatoms. The van der Waals surface area contributed by atoms with Crippen molar-refractivity contribution >= 4 is 44.1 Å². The Labute approximate surface area is 243 Å². The first-order valence-electron chi connectivity index (χ1n) is 13.9. The van der Waals surface area contributed by atoms with E-state index in [1.165, 1.54) is 16.2 Å². The van der Waals surface area contributed by atoms with Crippen molar-refractivity contribution in [3.63, 3.8) is 0 Å². The van der Waals surface area contributed by atoms with Gasteiger partial charge in [0, 0.05) is 12.0 Å². The lowest BCUT2D eigenvalue weighted by Crippen LogP contribution is -2.29. The van der Waals surface area contributed by atoms with Crippen LogP contribution in [0.2, 0.25) is 0 Å². The van der Waals surface area contributed by atoms with Crippen molar-refractivity contribution in [1.29, 1.82) is 0 Å². The van der Waals surface area contributed by atoms with Gasteiger partial charge in [0.25, 0.3) is 5.78 Å². The van der Waals surface area contributed by atoms with Gasteiger partial charge < -0.3 is 14.6 Å². The number of aromatic nitrogens is 1. The molecule has 7 nitrogen and oxygen atoms in total. The molecule has 0 spiro atoms. The number of aliphatic hydroxyl groups excluding tert-OH is 1. The fourth-order valence-electron chi connectivity index (χ4n) is 5.38. The summed E-state index contributed by atoms with van der Waals surface area (Å²) >= 11 is 1.35. The highest BCUT2D eigenvalue weighted by molar-refractivity contribution is 7.22. The molecule has 2 aliphatic rings. The third-order valence-corrected chi connectivity index (χ3v) is 8.51. The van der Waals surface area contributed by atoms with Crippen LogP contribution in [-0.2, 0) is 16.0 Å². The molecule has 0 unspecified atom stereocenters. The van der Waals surface area contributed by atoms with Gasteiger partial charge in [-0.25, -0.2) is 4.98 Å². The number of ether oxygens (including phenoxy) is 2. The van der Waals surface area contributed by atoms with E-state index in [0.29, 0.717) is 41.0 Å². The number of Topliss-reactive ketones (excluding diaryl/α,β-unsaturated/α-hetero) is 1. The lowest BCUT2D eigenvalue weighted by atomic mass is 9.94. The number of rotatable bonds is 7. The molecule has 0 aliphatic carbocycles. The first kappa shape index (κ1) is 27.0. The monoisotopic (exact) mass is 568 g/mol. The number of thiazole rings is 1. The van der Waals surface area contributed by atoms with E-state index in [9.17, 15) is 14.7 Å². The van der Waals surface area contributed by atoms with Gasteiger partial charge in [0.05, 0.1) is 28.4 Å². The van der Waals surface area contributed by atoms with E-state index in [4.69, 9.17) is 14.5 Å². The topological polar surface area (TPSA) is 89.0 Å². The maximum atomic E-state index is 13.7. The van der Waals surface area contributed by atoms with E-state index in [2.05, 4.69) is 13.8 Å². The van der Waals surface area contributed by atoms with Crippen LogP contribution in [0.15, 0.2) is 66.2 Å². The van der Waals surface area contributed by atoms with Crippen LogP contribution in [0.25, 0.3) is 16.0 Å². The van der Waals surface area contributed by atoms with Gasteiger partial charge in [-0.15, -0.1) is 0 Å². The van der Waals surface area contributed by atoms with Crippen molar-refractivity contribution < 1.29 is 24.2 Å². The lowest BCUT2D eigenvalue weighted by molar-refractivity contribution is -0.132. The number of carbonyl (C=O) groups excluding carboxylic acids is 2. The Kier molecular flexibility index (Phi) is 7.03. The van der Waals surface area contributed by atoms with Crippen molar-refractivity contribution in [2.24, 2.45) is 5.92 Å². The molecule has 1 amide bonds. The molecule has 41 heavy (non-hydrogen) atoms. The number of nitrogens with zero attached hydrogens (tertiary/aromatic N) is 2. The molecular formula is C33H32N2O5S. The first-order chi connectivity index (χ1) is 19.7. The molecule has 2 aliphatic heterocycles. The molecule has 6 rings (SSSR count). The number of aryl methyl sites for hydroxylation is 1. The predicted octanol–water partition coefficient (Wildman–Crippen LogP) is 6.98. The third-order valence-electron chi connectivity index (χ3n) is 7.49. The average Bonchev–Trinajstić information content (AvgIpc) is 3.60. The number of benzene rings is 3. The lowest BCUT2D eigenvalue weighted by Gasteiger charge is -2.23. The molecule has 3 heterocycles. The number of hydrogen-bond acceptors (Lipinski definition) is 7. The van der Waals surface area contributed by atoms with Gasteiger partial charge in [0.2, 0.25) is 0 Å². The maximum absolute atomic E-state index is 13.7. The number of amides is 1. The number of fused-ring (bicyclic) bond motifs is 2. The minimum absolute atomic E-state index is 0.0247. The fourth-order valence-corrected chi connectivity index (χ4v) is 6.47. The molecule has 0 bridgehead atoms.